The lowest BCUT2D eigenvalue weighted by atomic mass is 10.1. The van der Waals surface area contributed by atoms with Crippen LogP contribution in [0, 0.1) is 0 Å². The number of nitrogens with one attached hydrogen (secondary N) is 2. The second-order valence-electron chi connectivity index (χ2n) is 5.05. The highest BCUT2D eigenvalue weighted by molar-refractivity contribution is 14.0. The number of hydrogen-bond donors (Lipinski definition) is 2. The van der Waals surface area contributed by atoms with Gasteiger partial charge in [0.2, 0.25) is 0 Å². The summed E-state index contributed by atoms with van der Waals surface area (Å²) < 4.78 is 15.7. The molecule has 0 atom stereocenters. The van der Waals surface area contributed by atoms with Gasteiger partial charge in [-0.2, -0.15) is 0 Å². The molecule has 0 spiro atoms. The summed E-state index contributed by atoms with van der Waals surface area (Å²) in [4.78, 5) is 4.23. The van der Waals surface area contributed by atoms with Crippen LogP contribution in [0.5, 0.6) is 0 Å². The fourth-order valence-corrected chi connectivity index (χ4v) is 2.16. The molecule has 0 amide bonds. The van der Waals surface area contributed by atoms with Gasteiger partial charge in [-0.15, -0.1) is 24.0 Å². The molecule has 7 nitrogen and oxygen atoms in total. The third kappa shape index (κ3) is 8.29. The lowest BCUT2D eigenvalue weighted by Gasteiger charge is -2.12. The Kier molecular flexibility index (Phi) is 13.9. The normalized spacial score (nSPS) is 11.2. The fourth-order valence-electron chi connectivity index (χ4n) is 2.16. The first-order chi connectivity index (χ1) is 11.3. The molecule has 0 fully saturated rings. The molecular formula is C16H31IN4O3. The molecule has 1 aromatic heterocycles. The first kappa shape index (κ1) is 23.1. The molecule has 0 bridgehead atoms. The molecule has 0 aromatic carbocycles. The van der Waals surface area contributed by atoms with E-state index in [2.05, 4.69) is 34.6 Å². The molecule has 0 aliphatic rings. The van der Waals surface area contributed by atoms with Crippen LogP contribution < -0.4 is 10.6 Å². The van der Waals surface area contributed by atoms with E-state index in [0.717, 1.165) is 48.8 Å². The predicted octanol–water partition coefficient (Wildman–Crippen LogP) is 2.14. The highest BCUT2D eigenvalue weighted by Gasteiger charge is 2.13. The SMILES string of the molecule is CCc1noc(CC)c1CNC(=NC)NCCCOCCOC.I. The van der Waals surface area contributed by atoms with Crippen molar-refractivity contribution in [2.45, 2.75) is 39.7 Å². The van der Waals surface area contributed by atoms with Crippen LogP contribution in [-0.4, -0.2) is 51.6 Å². The Labute approximate surface area is 162 Å². The number of aryl methyl sites for hydroxylation is 2. The number of guanidine groups is 1. The van der Waals surface area contributed by atoms with Crippen LogP contribution in [0.15, 0.2) is 9.52 Å². The molecule has 140 valence electrons. The molecule has 0 unspecified atom stereocenters. The van der Waals surface area contributed by atoms with E-state index in [1.807, 2.05) is 0 Å². The minimum Gasteiger partial charge on any atom is -0.382 e. The first-order valence-electron chi connectivity index (χ1n) is 8.24. The third-order valence-electron chi connectivity index (χ3n) is 3.45. The highest BCUT2D eigenvalue weighted by Crippen LogP contribution is 2.15. The minimum absolute atomic E-state index is 0. The molecule has 0 saturated heterocycles. The maximum absolute atomic E-state index is 5.42. The number of aliphatic imine (C=N–C) groups is 1. The molecule has 24 heavy (non-hydrogen) atoms. The van der Waals surface area contributed by atoms with Crippen LogP contribution in [0.1, 0.15) is 37.3 Å². The number of halogens is 1. The van der Waals surface area contributed by atoms with Crippen LogP contribution in [0.3, 0.4) is 0 Å². The summed E-state index contributed by atoms with van der Waals surface area (Å²) in [6, 6.07) is 0. The maximum Gasteiger partial charge on any atom is 0.191 e. The largest absolute Gasteiger partial charge is 0.382 e. The fraction of sp³-hybridized carbons (Fsp3) is 0.750. The zero-order valence-corrected chi connectivity index (χ0v) is 17.5. The highest BCUT2D eigenvalue weighted by atomic mass is 127. The molecule has 0 aliphatic carbocycles. The van der Waals surface area contributed by atoms with Crippen molar-refractivity contribution in [3.63, 3.8) is 0 Å². The van der Waals surface area contributed by atoms with Gasteiger partial charge in [0.15, 0.2) is 5.96 Å². The molecule has 0 radical (unpaired) electrons. The quantitative estimate of drug-likeness (QED) is 0.231. The van der Waals surface area contributed by atoms with Gasteiger partial charge >= 0.3 is 0 Å². The molecular weight excluding hydrogens is 423 g/mol. The summed E-state index contributed by atoms with van der Waals surface area (Å²) in [6.45, 7) is 7.60. The van der Waals surface area contributed by atoms with Crippen molar-refractivity contribution in [3.8, 4) is 0 Å². The summed E-state index contributed by atoms with van der Waals surface area (Å²) in [6.07, 6.45) is 2.62. The van der Waals surface area contributed by atoms with Crippen molar-refractivity contribution in [2.75, 3.05) is 40.5 Å². The summed E-state index contributed by atoms with van der Waals surface area (Å²) in [5, 5.41) is 10.7. The van der Waals surface area contributed by atoms with E-state index in [4.69, 9.17) is 14.0 Å². The van der Waals surface area contributed by atoms with Gasteiger partial charge in [0, 0.05) is 45.8 Å². The second-order valence-corrected chi connectivity index (χ2v) is 5.05. The van der Waals surface area contributed by atoms with Gasteiger partial charge in [0.05, 0.1) is 18.9 Å². The van der Waals surface area contributed by atoms with Gasteiger partial charge in [-0.1, -0.05) is 19.0 Å². The Bertz CT molecular complexity index is 445. The van der Waals surface area contributed by atoms with Crippen LogP contribution >= 0.6 is 24.0 Å². The molecule has 8 heteroatoms. The zero-order valence-electron chi connectivity index (χ0n) is 15.2. The topological polar surface area (TPSA) is 80.9 Å². The number of nitrogens with zero attached hydrogens (tertiary/aromatic N) is 2. The van der Waals surface area contributed by atoms with Crippen LogP contribution in [0.25, 0.3) is 0 Å². The van der Waals surface area contributed by atoms with Gasteiger partial charge in [-0.25, -0.2) is 0 Å². The average Bonchev–Trinajstić information content (AvgIpc) is 2.98. The number of hydrogen-bond acceptors (Lipinski definition) is 5. The summed E-state index contributed by atoms with van der Waals surface area (Å²) in [5.41, 5.74) is 2.15. The van der Waals surface area contributed by atoms with Crippen molar-refractivity contribution in [1.82, 2.24) is 15.8 Å². The van der Waals surface area contributed by atoms with E-state index in [1.54, 1.807) is 14.2 Å². The first-order valence-corrected chi connectivity index (χ1v) is 8.24. The molecule has 0 saturated carbocycles. The van der Waals surface area contributed by atoms with Crippen molar-refractivity contribution in [1.29, 1.82) is 0 Å². The zero-order chi connectivity index (χ0) is 16.9. The molecule has 1 heterocycles. The van der Waals surface area contributed by atoms with Gasteiger partial charge in [-0.05, 0) is 12.8 Å². The Balaban J connectivity index is 0.00000529. The Morgan fingerprint density at radius 2 is 1.96 bits per heavy atom. The summed E-state index contributed by atoms with van der Waals surface area (Å²) in [7, 11) is 3.43. The van der Waals surface area contributed by atoms with E-state index in [-0.39, 0.29) is 24.0 Å². The number of rotatable bonds is 11. The van der Waals surface area contributed by atoms with Crippen molar-refractivity contribution < 1.29 is 14.0 Å². The van der Waals surface area contributed by atoms with Crippen LogP contribution in [0.4, 0.5) is 0 Å². The van der Waals surface area contributed by atoms with E-state index in [0.29, 0.717) is 26.4 Å². The molecule has 0 aliphatic heterocycles. The van der Waals surface area contributed by atoms with E-state index in [9.17, 15) is 0 Å². The van der Waals surface area contributed by atoms with Crippen molar-refractivity contribution >= 4 is 29.9 Å². The summed E-state index contributed by atoms with van der Waals surface area (Å²) in [5.74, 6) is 1.71. The lowest BCUT2D eigenvalue weighted by molar-refractivity contribution is 0.0698. The van der Waals surface area contributed by atoms with Gasteiger partial charge in [-0.3, -0.25) is 4.99 Å². The van der Waals surface area contributed by atoms with Crippen molar-refractivity contribution in [3.05, 3.63) is 17.0 Å². The van der Waals surface area contributed by atoms with Crippen LogP contribution in [0.2, 0.25) is 0 Å². The van der Waals surface area contributed by atoms with E-state index in [1.165, 1.54) is 0 Å². The smallest absolute Gasteiger partial charge is 0.191 e. The average molecular weight is 454 g/mol. The van der Waals surface area contributed by atoms with Gasteiger partial charge < -0.3 is 24.6 Å². The molecule has 1 rings (SSSR count). The predicted molar refractivity (Wildman–Crippen MR) is 106 cm³/mol. The van der Waals surface area contributed by atoms with Crippen molar-refractivity contribution in [2.24, 2.45) is 4.99 Å². The molecule has 1 aromatic rings. The van der Waals surface area contributed by atoms with Gasteiger partial charge in [0.25, 0.3) is 0 Å². The minimum atomic E-state index is 0. The third-order valence-corrected chi connectivity index (χ3v) is 3.45. The Hall–Kier alpha value is -0.870. The van der Waals surface area contributed by atoms with Crippen LogP contribution in [-0.2, 0) is 28.9 Å². The monoisotopic (exact) mass is 454 g/mol. The lowest BCUT2D eigenvalue weighted by Crippen LogP contribution is -2.37. The maximum atomic E-state index is 5.42. The molecule has 2 N–H and O–H groups in total. The Morgan fingerprint density at radius 1 is 1.17 bits per heavy atom. The Morgan fingerprint density at radius 3 is 2.58 bits per heavy atom. The summed E-state index contributed by atoms with van der Waals surface area (Å²) >= 11 is 0. The van der Waals surface area contributed by atoms with Gasteiger partial charge in [0.1, 0.15) is 5.76 Å². The standard InChI is InChI=1S/C16H30N4O3.HI/c1-5-14-13(15(6-2)23-20-14)12-19-16(17-3)18-8-7-9-22-11-10-21-4;/h5-12H2,1-4H3,(H2,17,18,19);1H. The number of ether oxygens (including phenoxy) is 2. The number of aromatic nitrogens is 1. The van der Waals surface area contributed by atoms with E-state index >= 15 is 0 Å². The van der Waals surface area contributed by atoms with E-state index < -0.39 is 0 Å². The second kappa shape index (κ2) is 14.5. The number of methoxy groups -OCH3 is 1.